The predicted octanol–water partition coefficient (Wildman–Crippen LogP) is 2.43. The zero-order valence-electron chi connectivity index (χ0n) is 12.5. The fourth-order valence-corrected chi connectivity index (χ4v) is 2.57. The van der Waals surface area contributed by atoms with E-state index in [9.17, 15) is 5.11 Å². The average molecular weight is 278 g/mol. The minimum absolute atomic E-state index is 0.111. The van der Waals surface area contributed by atoms with E-state index in [2.05, 4.69) is 34.4 Å². The van der Waals surface area contributed by atoms with Crippen molar-refractivity contribution in [3.8, 4) is 0 Å². The van der Waals surface area contributed by atoms with Crippen molar-refractivity contribution in [1.82, 2.24) is 9.97 Å². The molecule has 5 heteroatoms. The first-order chi connectivity index (χ1) is 9.71. The summed E-state index contributed by atoms with van der Waals surface area (Å²) in [5, 5.41) is 16.3. The molecule has 0 aromatic carbocycles. The second kappa shape index (κ2) is 7.43. The number of aliphatic hydroxyl groups is 1. The van der Waals surface area contributed by atoms with Gasteiger partial charge < -0.3 is 15.7 Å². The first kappa shape index (κ1) is 15.0. The molecule has 1 heterocycles. The van der Waals surface area contributed by atoms with Gasteiger partial charge in [-0.15, -0.1) is 0 Å². The van der Waals surface area contributed by atoms with Crippen molar-refractivity contribution < 1.29 is 5.11 Å². The molecule has 2 unspecified atom stereocenters. The van der Waals surface area contributed by atoms with E-state index in [0.717, 1.165) is 62.7 Å². The summed E-state index contributed by atoms with van der Waals surface area (Å²) in [6.07, 6.45) is 4.73. The molecule has 0 bridgehead atoms. The largest absolute Gasteiger partial charge is 0.393 e. The maximum Gasteiger partial charge on any atom is 0.132 e. The van der Waals surface area contributed by atoms with E-state index in [-0.39, 0.29) is 6.10 Å². The maximum atomic E-state index is 9.56. The van der Waals surface area contributed by atoms with Crippen LogP contribution >= 0.6 is 0 Å². The second-order valence-electron chi connectivity index (χ2n) is 5.55. The summed E-state index contributed by atoms with van der Waals surface area (Å²) < 4.78 is 0. The number of rotatable bonds is 7. The van der Waals surface area contributed by atoms with Crippen LogP contribution in [0.2, 0.25) is 0 Å². The Kier molecular flexibility index (Phi) is 5.59. The van der Waals surface area contributed by atoms with Gasteiger partial charge in [0, 0.05) is 25.6 Å². The third-order valence-electron chi connectivity index (χ3n) is 3.73. The smallest absolute Gasteiger partial charge is 0.132 e. The van der Waals surface area contributed by atoms with Crippen molar-refractivity contribution in [2.75, 3.05) is 23.7 Å². The number of aliphatic hydroxyl groups excluding tert-OH is 1. The molecule has 1 aromatic rings. The number of anilines is 2. The van der Waals surface area contributed by atoms with Crippen molar-refractivity contribution in [3.63, 3.8) is 0 Å². The van der Waals surface area contributed by atoms with Gasteiger partial charge in [0.25, 0.3) is 0 Å². The molecule has 1 aromatic heterocycles. The lowest BCUT2D eigenvalue weighted by molar-refractivity contribution is 0.178. The summed E-state index contributed by atoms with van der Waals surface area (Å²) >= 11 is 0. The van der Waals surface area contributed by atoms with Gasteiger partial charge in [0.15, 0.2) is 0 Å². The molecule has 2 atom stereocenters. The van der Waals surface area contributed by atoms with Crippen molar-refractivity contribution in [2.24, 2.45) is 5.92 Å². The van der Waals surface area contributed by atoms with E-state index in [1.165, 1.54) is 0 Å². The highest BCUT2D eigenvalue weighted by molar-refractivity contribution is 5.47. The van der Waals surface area contributed by atoms with Crippen LogP contribution in [-0.4, -0.2) is 34.3 Å². The van der Waals surface area contributed by atoms with Gasteiger partial charge in [0.1, 0.15) is 17.5 Å². The van der Waals surface area contributed by atoms with E-state index in [1.54, 1.807) is 0 Å². The van der Waals surface area contributed by atoms with Crippen LogP contribution in [0.1, 0.15) is 45.4 Å². The van der Waals surface area contributed by atoms with Crippen LogP contribution in [-0.2, 0) is 6.42 Å². The molecular formula is C15H26N4O. The molecule has 5 nitrogen and oxygen atoms in total. The molecule has 20 heavy (non-hydrogen) atoms. The third-order valence-corrected chi connectivity index (χ3v) is 3.73. The van der Waals surface area contributed by atoms with Crippen LogP contribution in [0.3, 0.4) is 0 Å². The molecule has 112 valence electrons. The summed E-state index contributed by atoms with van der Waals surface area (Å²) in [4.78, 5) is 8.99. The lowest BCUT2D eigenvalue weighted by atomic mass is 10.1. The number of hydrogen-bond acceptors (Lipinski definition) is 5. The van der Waals surface area contributed by atoms with Gasteiger partial charge in [0.05, 0.1) is 6.10 Å². The standard InChI is InChI=1S/C15H26N4O/c1-3-7-16-14-9-15(19-13(4-2)18-14)17-10-11-5-6-12(20)8-11/h9,11-12,20H,3-8,10H2,1-2H3,(H2,16,17,18,19). The van der Waals surface area contributed by atoms with E-state index in [0.29, 0.717) is 5.92 Å². The summed E-state index contributed by atoms with van der Waals surface area (Å²) in [5.41, 5.74) is 0. The van der Waals surface area contributed by atoms with E-state index in [4.69, 9.17) is 0 Å². The number of aromatic nitrogens is 2. The van der Waals surface area contributed by atoms with Gasteiger partial charge in [-0.3, -0.25) is 0 Å². The van der Waals surface area contributed by atoms with Gasteiger partial charge in [-0.2, -0.15) is 0 Å². The van der Waals surface area contributed by atoms with Gasteiger partial charge in [-0.25, -0.2) is 9.97 Å². The molecule has 1 aliphatic carbocycles. The molecular weight excluding hydrogens is 252 g/mol. The van der Waals surface area contributed by atoms with Crippen molar-refractivity contribution in [3.05, 3.63) is 11.9 Å². The van der Waals surface area contributed by atoms with Gasteiger partial charge in [-0.05, 0) is 31.6 Å². The van der Waals surface area contributed by atoms with Crippen molar-refractivity contribution in [1.29, 1.82) is 0 Å². The summed E-state index contributed by atoms with van der Waals surface area (Å²) in [7, 11) is 0. The van der Waals surface area contributed by atoms with E-state index in [1.807, 2.05) is 6.07 Å². The zero-order valence-corrected chi connectivity index (χ0v) is 12.5. The van der Waals surface area contributed by atoms with Crippen molar-refractivity contribution in [2.45, 2.75) is 52.1 Å². The number of aryl methyl sites for hydroxylation is 1. The molecule has 0 spiro atoms. The van der Waals surface area contributed by atoms with Gasteiger partial charge in [-0.1, -0.05) is 13.8 Å². The quantitative estimate of drug-likeness (QED) is 0.714. The lowest BCUT2D eigenvalue weighted by Gasteiger charge is -2.13. The summed E-state index contributed by atoms with van der Waals surface area (Å²) in [6, 6.07) is 1.97. The normalized spacial score (nSPS) is 21.9. The Balaban J connectivity index is 1.95. The summed E-state index contributed by atoms with van der Waals surface area (Å²) in [6.45, 7) is 6.01. The SMILES string of the molecule is CCCNc1cc(NCC2CCC(O)C2)nc(CC)n1. The monoisotopic (exact) mass is 278 g/mol. The fraction of sp³-hybridized carbons (Fsp3) is 0.733. The Bertz CT molecular complexity index is 424. The molecule has 1 aliphatic rings. The molecule has 0 aliphatic heterocycles. The zero-order chi connectivity index (χ0) is 14.4. The first-order valence-corrected chi connectivity index (χ1v) is 7.75. The Hall–Kier alpha value is -1.36. The topological polar surface area (TPSA) is 70.1 Å². The molecule has 0 radical (unpaired) electrons. The number of hydrogen-bond donors (Lipinski definition) is 3. The highest BCUT2D eigenvalue weighted by Crippen LogP contribution is 2.25. The van der Waals surface area contributed by atoms with Crippen LogP contribution in [0.5, 0.6) is 0 Å². The van der Waals surface area contributed by atoms with E-state index < -0.39 is 0 Å². The lowest BCUT2D eigenvalue weighted by Crippen LogP contribution is -2.15. The number of nitrogens with zero attached hydrogens (tertiary/aromatic N) is 2. The predicted molar refractivity (Wildman–Crippen MR) is 82.0 cm³/mol. The van der Waals surface area contributed by atoms with Crippen LogP contribution in [0.15, 0.2) is 6.07 Å². The van der Waals surface area contributed by atoms with E-state index >= 15 is 0 Å². The first-order valence-electron chi connectivity index (χ1n) is 7.75. The molecule has 2 rings (SSSR count). The highest BCUT2D eigenvalue weighted by atomic mass is 16.3. The molecule has 0 saturated heterocycles. The second-order valence-corrected chi connectivity index (χ2v) is 5.55. The Morgan fingerprint density at radius 2 is 1.95 bits per heavy atom. The van der Waals surface area contributed by atoms with Crippen LogP contribution < -0.4 is 10.6 Å². The van der Waals surface area contributed by atoms with Crippen LogP contribution in [0.25, 0.3) is 0 Å². The van der Waals surface area contributed by atoms with Gasteiger partial charge in [0.2, 0.25) is 0 Å². The number of nitrogens with one attached hydrogen (secondary N) is 2. The average Bonchev–Trinajstić information content (AvgIpc) is 2.88. The minimum Gasteiger partial charge on any atom is -0.393 e. The summed E-state index contributed by atoms with van der Waals surface area (Å²) in [5.74, 6) is 3.20. The van der Waals surface area contributed by atoms with Crippen molar-refractivity contribution >= 4 is 11.6 Å². The third kappa shape index (κ3) is 4.34. The molecule has 1 fully saturated rings. The Labute approximate surface area is 121 Å². The minimum atomic E-state index is -0.111. The van der Waals surface area contributed by atoms with Crippen LogP contribution in [0, 0.1) is 5.92 Å². The Morgan fingerprint density at radius 3 is 2.55 bits per heavy atom. The van der Waals surface area contributed by atoms with Gasteiger partial charge >= 0.3 is 0 Å². The molecule has 1 saturated carbocycles. The fourth-order valence-electron chi connectivity index (χ4n) is 2.57. The molecule has 3 N–H and O–H groups in total. The maximum absolute atomic E-state index is 9.56. The highest BCUT2D eigenvalue weighted by Gasteiger charge is 2.22. The Morgan fingerprint density at radius 1 is 1.20 bits per heavy atom. The molecule has 0 amide bonds. The van der Waals surface area contributed by atoms with Crippen LogP contribution in [0.4, 0.5) is 11.6 Å².